The minimum atomic E-state index is -5.10. The van der Waals surface area contributed by atoms with Crippen LogP contribution in [0.5, 0.6) is 11.6 Å². The van der Waals surface area contributed by atoms with E-state index >= 15 is 0 Å². The van der Waals surface area contributed by atoms with Crippen molar-refractivity contribution in [2.45, 2.75) is 18.3 Å². The van der Waals surface area contributed by atoms with Gasteiger partial charge in [-0.25, -0.2) is 13.6 Å². The third-order valence-electron chi connectivity index (χ3n) is 1.59. The first-order chi connectivity index (χ1) is 7.50. The largest absolute Gasteiger partial charge is 0.574 e. The Labute approximate surface area is 93.9 Å². The van der Waals surface area contributed by atoms with E-state index in [0.29, 0.717) is 0 Å². The number of hydrogen-bond donors (Lipinski definition) is 2. The summed E-state index contributed by atoms with van der Waals surface area (Å²) in [5.41, 5.74) is -0.0977. The Morgan fingerprint density at radius 1 is 1.47 bits per heavy atom. The molecular formula is C7H7F3N2O4S. The van der Waals surface area contributed by atoms with E-state index in [2.05, 4.69) is 9.72 Å². The summed E-state index contributed by atoms with van der Waals surface area (Å²) in [5, 5.41) is 13.1. The van der Waals surface area contributed by atoms with Gasteiger partial charge in [-0.2, -0.15) is 4.98 Å². The fourth-order valence-corrected chi connectivity index (χ4v) is 1.76. The van der Waals surface area contributed by atoms with Crippen molar-refractivity contribution in [3.05, 3.63) is 11.6 Å². The molecule has 0 aliphatic rings. The predicted molar refractivity (Wildman–Crippen MR) is 48.7 cm³/mol. The number of halogens is 3. The van der Waals surface area contributed by atoms with Crippen molar-refractivity contribution in [1.82, 2.24) is 4.98 Å². The monoisotopic (exact) mass is 272 g/mol. The van der Waals surface area contributed by atoms with Gasteiger partial charge in [-0.3, -0.25) is 0 Å². The van der Waals surface area contributed by atoms with Crippen LogP contribution in [0.2, 0.25) is 0 Å². The van der Waals surface area contributed by atoms with E-state index in [4.69, 9.17) is 10.2 Å². The Balaban J connectivity index is 3.35. The van der Waals surface area contributed by atoms with E-state index < -0.39 is 33.0 Å². The number of aryl methyl sites for hydroxylation is 1. The lowest BCUT2D eigenvalue weighted by atomic mass is 10.3. The van der Waals surface area contributed by atoms with Crippen molar-refractivity contribution in [1.29, 1.82) is 0 Å². The molecule has 0 unspecified atom stereocenters. The molecule has 1 rings (SSSR count). The van der Waals surface area contributed by atoms with Gasteiger partial charge in [-0.15, -0.1) is 13.2 Å². The van der Waals surface area contributed by atoms with Crippen molar-refractivity contribution in [3.8, 4) is 11.6 Å². The quantitative estimate of drug-likeness (QED) is 0.822. The Hall–Kier alpha value is -1.55. The lowest BCUT2D eigenvalue weighted by Crippen LogP contribution is -2.20. The summed E-state index contributed by atoms with van der Waals surface area (Å²) < 4.78 is 61.0. The lowest BCUT2D eigenvalue weighted by Gasteiger charge is -2.11. The Morgan fingerprint density at radius 3 is 2.41 bits per heavy atom. The molecule has 10 heteroatoms. The van der Waals surface area contributed by atoms with E-state index in [1.165, 1.54) is 6.92 Å². The van der Waals surface area contributed by atoms with Gasteiger partial charge in [0.2, 0.25) is 0 Å². The summed E-state index contributed by atoms with van der Waals surface area (Å²) in [4.78, 5) is 3.02. The molecule has 6 nitrogen and oxygen atoms in total. The van der Waals surface area contributed by atoms with Crippen molar-refractivity contribution >= 4 is 10.0 Å². The molecule has 17 heavy (non-hydrogen) atoms. The molecule has 0 bridgehead atoms. The molecule has 0 atom stereocenters. The van der Waals surface area contributed by atoms with Crippen LogP contribution < -0.4 is 9.88 Å². The minimum Gasteiger partial charge on any atom is -0.503 e. The highest BCUT2D eigenvalue weighted by Gasteiger charge is 2.34. The van der Waals surface area contributed by atoms with Crippen LogP contribution in [-0.2, 0) is 10.0 Å². The molecule has 0 amide bonds. The summed E-state index contributed by atoms with van der Waals surface area (Å²) in [6, 6.07) is 0.758. The van der Waals surface area contributed by atoms with Gasteiger partial charge >= 0.3 is 6.36 Å². The Kier molecular flexibility index (Phi) is 3.21. The molecule has 0 saturated carbocycles. The van der Waals surface area contributed by atoms with Gasteiger partial charge < -0.3 is 9.84 Å². The zero-order valence-electron chi connectivity index (χ0n) is 8.32. The van der Waals surface area contributed by atoms with Crippen LogP contribution in [-0.4, -0.2) is 24.9 Å². The molecule has 3 N–H and O–H groups in total. The average Bonchev–Trinajstić information content (AvgIpc) is 2.05. The molecule has 1 aromatic rings. The van der Waals surface area contributed by atoms with E-state index in [1.807, 2.05) is 0 Å². The average molecular weight is 272 g/mol. The first-order valence-electron chi connectivity index (χ1n) is 4.00. The van der Waals surface area contributed by atoms with Crippen molar-refractivity contribution in [2.24, 2.45) is 5.14 Å². The highest BCUT2D eigenvalue weighted by molar-refractivity contribution is 7.89. The predicted octanol–water partition coefficient (Wildman–Crippen LogP) is 0.642. The Bertz CT molecular complexity index is 541. The van der Waals surface area contributed by atoms with Gasteiger partial charge in [0.1, 0.15) is 0 Å². The maximum absolute atomic E-state index is 11.9. The topological polar surface area (TPSA) is 103 Å². The van der Waals surface area contributed by atoms with E-state index in [0.717, 1.165) is 6.07 Å². The first kappa shape index (κ1) is 13.5. The maximum Gasteiger partial charge on any atom is 0.574 e. The number of ether oxygens (including phenoxy) is 1. The molecule has 0 fully saturated rings. The molecule has 1 heterocycles. The smallest absolute Gasteiger partial charge is 0.503 e. The number of pyridine rings is 1. The fourth-order valence-electron chi connectivity index (χ4n) is 1.04. The van der Waals surface area contributed by atoms with Crippen LogP contribution in [0.15, 0.2) is 11.1 Å². The van der Waals surface area contributed by atoms with Crippen molar-refractivity contribution in [2.75, 3.05) is 0 Å². The summed E-state index contributed by atoms with van der Waals surface area (Å²) >= 11 is 0. The highest BCUT2D eigenvalue weighted by atomic mass is 32.2. The highest BCUT2D eigenvalue weighted by Crippen LogP contribution is 2.31. The van der Waals surface area contributed by atoms with Gasteiger partial charge in [-0.1, -0.05) is 0 Å². The number of primary sulfonamides is 1. The third kappa shape index (κ3) is 3.46. The van der Waals surface area contributed by atoms with Crippen LogP contribution in [0.3, 0.4) is 0 Å². The Morgan fingerprint density at radius 2 is 2.00 bits per heavy atom. The number of alkyl halides is 3. The van der Waals surface area contributed by atoms with E-state index in [9.17, 15) is 21.6 Å². The fraction of sp³-hybridized carbons (Fsp3) is 0.286. The van der Waals surface area contributed by atoms with Gasteiger partial charge in [0, 0.05) is 0 Å². The summed E-state index contributed by atoms with van der Waals surface area (Å²) in [6.07, 6.45) is -5.10. The molecule has 0 aliphatic carbocycles. The van der Waals surface area contributed by atoms with Crippen molar-refractivity contribution < 1.29 is 31.4 Å². The number of sulfonamides is 1. The molecule has 0 saturated heterocycles. The number of hydrogen-bond acceptors (Lipinski definition) is 5. The SMILES string of the molecule is Cc1cc(O)c(OC(F)(F)F)nc1S(N)(=O)=O. The second-order valence-electron chi connectivity index (χ2n) is 3.03. The second kappa shape index (κ2) is 4.04. The standard InChI is InChI=1S/C7H7F3N2O4S/c1-3-2-4(13)5(16-7(8,9)10)12-6(3)17(11,14)15/h2,13H,1H3,(H2,11,14,15). The van der Waals surface area contributed by atoms with Gasteiger partial charge in [0.25, 0.3) is 15.9 Å². The van der Waals surface area contributed by atoms with Gasteiger partial charge in [0.15, 0.2) is 10.8 Å². The summed E-state index contributed by atoms with van der Waals surface area (Å²) in [5.74, 6) is -2.21. The first-order valence-corrected chi connectivity index (χ1v) is 5.54. The zero-order chi connectivity index (χ0) is 13.4. The van der Waals surface area contributed by atoms with E-state index in [1.54, 1.807) is 0 Å². The van der Waals surface area contributed by atoms with Crippen LogP contribution in [0.1, 0.15) is 5.56 Å². The minimum absolute atomic E-state index is 0.0977. The van der Waals surface area contributed by atoms with Gasteiger partial charge in [-0.05, 0) is 18.6 Å². The van der Waals surface area contributed by atoms with Crippen LogP contribution in [0, 0.1) is 6.92 Å². The zero-order valence-corrected chi connectivity index (χ0v) is 9.13. The number of aromatic nitrogens is 1. The van der Waals surface area contributed by atoms with Crippen molar-refractivity contribution in [3.63, 3.8) is 0 Å². The number of rotatable bonds is 2. The second-order valence-corrected chi connectivity index (χ2v) is 4.50. The normalized spacial score (nSPS) is 12.5. The molecule has 96 valence electrons. The molecule has 0 radical (unpaired) electrons. The van der Waals surface area contributed by atoms with Crippen LogP contribution >= 0.6 is 0 Å². The van der Waals surface area contributed by atoms with E-state index in [-0.39, 0.29) is 5.56 Å². The summed E-state index contributed by atoms with van der Waals surface area (Å²) in [7, 11) is -4.30. The lowest BCUT2D eigenvalue weighted by molar-refractivity contribution is -0.276. The number of aromatic hydroxyl groups is 1. The summed E-state index contributed by atoms with van der Waals surface area (Å²) in [6.45, 7) is 1.21. The number of nitrogens with two attached hydrogens (primary N) is 1. The molecule has 0 spiro atoms. The van der Waals surface area contributed by atoms with Gasteiger partial charge in [0.05, 0.1) is 0 Å². The molecular weight excluding hydrogens is 265 g/mol. The molecule has 1 aromatic heterocycles. The molecule has 0 aliphatic heterocycles. The number of nitrogens with zero attached hydrogens (tertiary/aromatic N) is 1. The van der Waals surface area contributed by atoms with Crippen LogP contribution in [0.25, 0.3) is 0 Å². The maximum atomic E-state index is 11.9. The van der Waals surface area contributed by atoms with Crippen LogP contribution in [0.4, 0.5) is 13.2 Å². The third-order valence-corrected chi connectivity index (χ3v) is 2.55. The molecule has 0 aromatic carbocycles.